The SMILES string of the molecule is CN1CCCN(/C(=N\O)c2ccc(C#CC3NC(=O)NC3=O)cc2)CC1.COc1ccc2c(c1)C(=O)N(C)C2. The molecule has 0 bridgehead atoms. The minimum absolute atomic E-state index is 0.0777. The van der Waals surface area contributed by atoms with Crippen LogP contribution < -0.4 is 15.4 Å². The smallest absolute Gasteiger partial charge is 0.322 e. The Balaban J connectivity index is 0.000000226. The number of hydrogen-bond donors (Lipinski definition) is 3. The lowest BCUT2D eigenvalue weighted by molar-refractivity contribution is -0.119. The van der Waals surface area contributed by atoms with E-state index in [1.54, 1.807) is 37.3 Å². The van der Waals surface area contributed by atoms with Crippen LogP contribution in [0.5, 0.6) is 5.75 Å². The van der Waals surface area contributed by atoms with Gasteiger partial charge in [0.25, 0.3) is 11.8 Å². The van der Waals surface area contributed by atoms with Gasteiger partial charge < -0.3 is 30.0 Å². The number of likely N-dealkylation sites (N-methyl/N-ethyl adjacent to an activating group) is 1. The van der Waals surface area contributed by atoms with Gasteiger partial charge in [0.2, 0.25) is 0 Å². The summed E-state index contributed by atoms with van der Waals surface area (Å²) in [6, 6.07) is 11.5. The lowest BCUT2D eigenvalue weighted by Gasteiger charge is -2.23. The molecule has 11 nitrogen and oxygen atoms in total. The largest absolute Gasteiger partial charge is 0.497 e. The number of fused-ring (bicyclic) bond motifs is 1. The maximum Gasteiger partial charge on any atom is 0.322 e. The van der Waals surface area contributed by atoms with Crippen LogP contribution in [-0.2, 0) is 11.3 Å². The first kappa shape index (κ1) is 27.5. The van der Waals surface area contributed by atoms with Crippen molar-refractivity contribution in [2.45, 2.75) is 19.0 Å². The third-order valence-corrected chi connectivity index (χ3v) is 6.69. The molecule has 1 unspecified atom stereocenters. The fourth-order valence-electron chi connectivity index (χ4n) is 4.49. The van der Waals surface area contributed by atoms with Crippen LogP contribution in [0.25, 0.3) is 0 Å². The second-order valence-electron chi connectivity index (χ2n) is 9.49. The van der Waals surface area contributed by atoms with Crippen molar-refractivity contribution in [3.8, 4) is 17.6 Å². The Morgan fingerprint density at radius 2 is 1.82 bits per heavy atom. The molecule has 3 aliphatic heterocycles. The standard InChI is InChI=1S/C18H21N5O3.C10H11NO2/c1-22-9-2-10-23(12-11-22)16(21-26)14-6-3-13(4-7-14)5-8-15-17(24)20-18(25)19-15;1-11-6-7-3-4-8(13-2)5-9(7)10(11)12/h3-4,6-7,15,26H,2,9-12H2,1H3,(H2,19,20,24,25);3-5H,6H2,1-2H3/b21-16-;. The molecule has 0 saturated carbocycles. The van der Waals surface area contributed by atoms with Gasteiger partial charge in [-0.2, -0.15) is 0 Å². The Morgan fingerprint density at radius 3 is 2.49 bits per heavy atom. The average molecular weight is 533 g/mol. The van der Waals surface area contributed by atoms with Crippen LogP contribution in [0.4, 0.5) is 4.79 Å². The van der Waals surface area contributed by atoms with Gasteiger partial charge >= 0.3 is 6.03 Å². The summed E-state index contributed by atoms with van der Waals surface area (Å²) in [4.78, 5) is 40.1. The number of urea groups is 1. The van der Waals surface area contributed by atoms with Gasteiger partial charge in [0.15, 0.2) is 11.9 Å². The molecule has 2 saturated heterocycles. The zero-order valence-electron chi connectivity index (χ0n) is 22.2. The van der Waals surface area contributed by atoms with E-state index in [-0.39, 0.29) is 5.91 Å². The van der Waals surface area contributed by atoms with E-state index in [1.807, 2.05) is 24.3 Å². The molecule has 3 aliphatic rings. The number of carbonyl (C=O) groups excluding carboxylic acids is 3. The van der Waals surface area contributed by atoms with E-state index in [0.29, 0.717) is 17.9 Å². The summed E-state index contributed by atoms with van der Waals surface area (Å²) in [5.74, 6) is 6.51. The number of benzene rings is 2. The third-order valence-electron chi connectivity index (χ3n) is 6.69. The van der Waals surface area contributed by atoms with Gasteiger partial charge in [-0.3, -0.25) is 14.9 Å². The molecule has 2 aromatic carbocycles. The van der Waals surface area contributed by atoms with Gasteiger partial charge in [0.05, 0.1) is 7.11 Å². The Labute approximate surface area is 227 Å². The molecule has 1 atom stereocenters. The molecule has 4 amide bonds. The fourth-order valence-corrected chi connectivity index (χ4v) is 4.49. The molecule has 204 valence electrons. The number of methoxy groups -OCH3 is 1. The highest BCUT2D eigenvalue weighted by atomic mass is 16.5. The molecule has 3 heterocycles. The molecule has 5 rings (SSSR count). The summed E-state index contributed by atoms with van der Waals surface area (Å²) >= 11 is 0. The number of ether oxygens (including phenoxy) is 1. The molecular weight excluding hydrogens is 500 g/mol. The first-order valence-corrected chi connectivity index (χ1v) is 12.6. The second-order valence-corrected chi connectivity index (χ2v) is 9.49. The molecule has 0 aliphatic carbocycles. The number of amides is 4. The lowest BCUT2D eigenvalue weighted by Crippen LogP contribution is -2.35. The summed E-state index contributed by atoms with van der Waals surface area (Å²) in [5, 5.41) is 17.5. The van der Waals surface area contributed by atoms with E-state index in [9.17, 15) is 19.6 Å². The number of carbonyl (C=O) groups is 3. The Hall–Kier alpha value is -4.56. The fraction of sp³-hybridized carbons (Fsp3) is 0.357. The van der Waals surface area contributed by atoms with Gasteiger partial charge in [-0.1, -0.05) is 23.1 Å². The first-order valence-electron chi connectivity index (χ1n) is 12.6. The average Bonchev–Trinajstić information content (AvgIpc) is 3.31. The van der Waals surface area contributed by atoms with Crippen LogP contribution in [0.3, 0.4) is 0 Å². The Bertz CT molecular complexity index is 1330. The molecule has 2 fully saturated rings. The molecular formula is C28H32N6O5. The molecule has 11 heteroatoms. The van der Waals surface area contributed by atoms with Crippen LogP contribution >= 0.6 is 0 Å². The Kier molecular flexibility index (Phi) is 8.68. The Morgan fingerprint density at radius 1 is 1.05 bits per heavy atom. The lowest BCUT2D eigenvalue weighted by atomic mass is 10.1. The minimum atomic E-state index is -0.828. The highest BCUT2D eigenvalue weighted by molar-refractivity contribution is 6.06. The quantitative estimate of drug-likeness (QED) is 0.133. The molecule has 3 N–H and O–H groups in total. The number of hydrogen-bond acceptors (Lipinski definition) is 7. The zero-order valence-corrected chi connectivity index (χ0v) is 22.2. The van der Waals surface area contributed by atoms with Crippen LogP contribution in [0.2, 0.25) is 0 Å². The van der Waals surface area contributed by atoms with Gasteiger partial charge in [-0.15, -0.1) is 0 Å². The van der Waals surface area contributed by atoms with Crippen molar-refractivity contribution in [1.29, 1.82) is 0 Å². The van der Waals surface area contributed by atoms with Crippen molar-refractivity contribution in [2.75, 3.05) is 47.4 Å². The number of nitrogens with one attached hydrogen (secondary N) is 2. The van der Waals surface area contributed by atoms with Crippen molar-refractivity contribution in [1.82, 2.24) is 25.3 Å². The predicted octanol–water partition coefficient (Wildman–Crippen LogP) is 1.30. The van der Waals surface area contributed by atoms with Gasteiger partial charge in [-0.25, -0.2) is 4.79 Å². The number of nitrogens with zero attached hydrogens (tertiary/aromatic N) is 4. The number of imide groups is 1. The van der Waals surface area contributed by atoms with Crippen molar-refractivity contribution in [3.63, 3.8) is 0 Å². The topological polar surface area (TPSA) is 127 Å². The van der Waals surface area contributed by atoms with Crippen molar-refractivity contribution in [2.24, 2.45) is 5.16 Å². The van der Waals surface area contributed by atoms with E-state index in [1.165, 1.54) is 0 Å². The molecule has 0 radical (unpaired) electrons. The maximum absolute atomic E-state index is 11.5. The molecule has 2 aromatic rings. The van der Waals surface area contributed by atoms with Crippen LogP contribution in [0, 0.1) is 11.8 Å². The van der Waals surface area contributed by atoms with Crippen molar-refractivity contribution < 1.29 is 24.3 Å². The second kappa shape index (κ2) is 12.3. The van der Waals surface area contributed by atoms with E-state index in [0.717, 1.165) is 55.0 Å². The van der Waals surface area contributed by atoms with Gasteiger partial charge in [-0.05, 0) is 62.0 Å². The minimum Gasteiger partial charge on any atom is -0.497 e. The number of amidine groups is 1. The summed E-state index contributed by atoms with van der Waals surface area (Å²) in [6.07, 6.45) is 1.01. The predicted molar refractivity (Wildman–Crippen MR) is 145 cm³/mol. The molecule has 0 spiro atoms. The van der Waals surface area contributed by atoms with Crippen LogP contribution in [-0.4, -0.2) is 97.0 Å². The third kappa shape index (κ3) is 6.66. The highest BCUT2D eigenvalue weighted by Crippen LogP contribution is 2.25. The van der Waals surface area contributed by atoms with E-state index in [4.69, 9.17) is 4.74 Å². The van der Waals surface area contributed by atoms with Crippen LogP contribution in [0.15, 0.2) is 47.6 Å². The van der Waals surface area contributed by atoms with Crippen LogP contribution in [0.1, 0.15) is 33.5 Å². The van der Waals surface area contributed by atoms with E-state index >= 15 is 0 Å². The zero-order chi connectivity index (χ0) is 27.9. The summed E-state index contributed by atoms with van der Waals surface area (Å²) in [6.45, 7) is 4.28. The summed E-state index contributed by atoms with van der Waals surface area (Å²) < 4.78 is 5.05. The highest BCUT2D eigenvalue weighted by Gasteiger charge is 2.27. The normalized spacial score (nSPS) is 19.2. The number of rotatable bonds is 2. The van der Waals surface area contributed by atoms with E-state index in [2.05, 4.69) is 44.5 Å². The van der Waals surface area contributed by atoms with Gasteiger partial charge in [0, 0.05) is 49.9 Å². The van der Waals surface area contributed by atoms with Gasteiger partial charge in [0.1, 0.15) is 5.75 Å². The molecule has 39 heavy (non-hydrogen) atoms. The summed E-state index contributed by atoms with van der Waals surface area (Å²) in [7, 11) is 5.49. The van der Waals surface area contributed by atoms with E-state index < -0.39 is 18.0 Å². The monoisotopic (exact) mass is 532 g/mol. The first-order chi connectivity index (χ1) is 18.8. The van der Waals surface area contributed by atoms with Crippen molar-refractivity contribution >= 4 is 23.7 Å². The number of oxime groups is 1. The summed E-state index contributed by atoms with van der Waals surface area (Å²) in [5.41, 5.74) is 3.35. The van der Waals surface area contributed by atoms with Crippen molar-refractivity contribution in [3.05, 3.63) is 64.7 Å². The molecule has 0 aromatic heterocycles. The maximum atomic E-state index is 11.5.